The maximum atomic E-state index is 12.4. The fraction of sp³-hybridized carbons (Fsp3) is 0.0769. The lowest BCUT2D eigenvalue weighted by Gasteiger charge is -2.12. The Morgan fingerprint density at radius 1 is 1.10 bits per heavy atom. The van der Waals surface area contributed by atoms with E-state index in [0.29, 0.717) is 21.4 Å². The molecule has 20 heavy (non-hydrogen) atoms. The van der Waals surface area contributed by atoms with Gasteiger partial charge >= 0.3 is 0 Å². The van der Waals surface area contributed by atoms with Crippen LogP contribution in [0.15, 0.2) is 50.2 Å². The fourth-order valence-electron chi connectivity index (χ4n) is 1.72. The Morgan fingerprint density at radius 2 is 1.80 bits per heavy atom. The molecule has 0 unspecified atom stereocenters. The van der Waals surface area contributed by atoms with Crippen LogP contribution in [0.3, 0.4) is 0 Å². The molecule has 0 amide bonds. The van der Waals surface area contributed by atoms with Crippen molar-refractivity contribution in [2.24, 2.45) is 0 Å². The van der Waals surface area contributed by atoms with E-state index in [1.165, 1.54) is 6.07 Å². The first-order valence-electron chi connectivity index (χ1n) is 5.63. The Balaban J connectivity index is 2.46. The molecule has 0 atom stereocenters. The van der Waals surface area contributed by atoms with E-state index in [0.717, 1.165) is 4.47 Å². The normalized spacial score (nSPS) is 11.3. The zero-order valence-corrected chi connectivity index (χ0v) is 14.5. The van der Waals surface area contributed by atoms with Crippen LogP contribution in [0.4, 0.5) is 11.4 Å². The second kappa shape index (κ2) is 5.75. The van der Waals surface area contributed by atoms with Crippen LogP contribution in [-0.4, -0.2) is 8.42 Å². The molecule has 0 fully saturated rings. The van der Waals surface area contributed by atoms with E-state index < -0.39 is 10.0 Å². The van der Waals surface area contributed by atoms with Crippen molar-refractivity contribution in [2.75, 3.05) is 10.5 Å². The summed E-state index contributed by atoms with van der Waals surface area (Å²) in [6, 6.07) is 10.1. The molecule has 7 heteroatoms. The van der Waals surface area contributed by atoms with Crippen molar-refractivity contribution >= 4 is 53.3 Å². The van der Waals surface area contributed by atoms with Gasteiger partial charge in [-0.25, -0.2) is 8.42 Å². The monoisotopic (exact) mass is 418 g/mol. The van der Waals surface area contributed by atoms with Gasteiger partial charge in [0, 0.05) is 20.3 Å². The Bertz CT molecular complexity index is 761. The van der Waals surface area contributed by atoms with E-state index in [-0.39, 0.29) is 4.90 Å². The number of sulfonamides is 1. The first-order valence-corrected chi connectivity index (χ1v) is 8.70. The van der Waals surface area contributed by atoms with Crippen molar-refractivity contribution in [2.45, 2.75) is 11.8 Å². The molecular formula is C13H12Br2N2O2S. The predicted molar refractivity (Wildman–Crippen MR) is 88.2 cm³/mol. The van der Waals surface area contributed by atoms with Gasteiger partial charge in [-0.1, -0.05) is 37.9 Å². The Kier molecular flexibility index (Phi) is 4.41. The molecule has 0 saturated carbocycles. The van der Waals surface area contributed by atoms with Crippen molar-refractivity contribution in [1.82, 2.24) is 0 Å². The van der Waals surface area contributed by atoms with Crippen molar-refractivity contribution in [3.05, 3.63) is 50.9 Å². The summed E-state index contributed by atoms with van der Waals surface area (Å²) in [4.78, 5) is 0.157. The quantitative estimate of drug-likeness (QED) is 0.741. The summed E-state index contributed by atoms with van der Waals surface area (Å²) in [7, 11) is -3.69. The molecule has 106 valence electrons. The third-order valence-electron chi connectivity index (χ3n) is 2.73. The number of nitrogen functional groups attached to an aromatic ring is 1. The minimum atomic E-state index is -3.69. The van der Waals surface area contributed by atoms with Crippen molar-refractivity contribution in [1.29, 1.82) is 0 Å². The standard InChI is InChI=1S/C13H12Br2N2O2S/c1-8-12(16)6-10(15)7-13(8)20(18,19)17-11-4-2-3-9(14)5-11/h2-7,17H,16H2,1H3. The SMILES string of the molecule is Cc1c(N)cc(Br)cc1S(=O)(=O)Nc1cccc(Br)c1. The van der Waals surface area contributed by atoms with Gasteiger partial charge in [0.05, 0.1) is 4.90 Å². The number of anilines is 2. The van der Waals surface area contributed by atoms with Crippen LogP contribution in [0.2, 0.25) is 0 Å². The van der Waals surface area contributed by atoms with Gasteiger partial charge in [-0.15, -0.1) is 0 Å². The van der Waals surface area contributed by atoms with Crippen molar-refractivity contribution < 1.29 is 8.42 Å². The number of nitrogens with one attached hydrogen (secondary N) is 1. The topological polar surface area (TPSA) is 72.2 Å². The zero-order valence-electron chi connectivity index (χ0n) is 10.5. The van der Waals surface area contributed by atoms with Gasteiger partial charge in [0.25, 0.3) is 10.0 Å². The van der Waals surface area contributed by atoms with E-state index in [4.69, 9.17) is 5.73 Å². The minimum Gasteiger partial charge on any atom is -0.398 e. The Morgan fingerprint density at radius 3 is 2.45 bits per heavy atom. The molecule has 3 N–H and O–H groups in total. The van der Waals surface area contributed by atoms with E-state index in [1.807, 2.05) is 6.07 Å². The van der Waals surface area contributed by atoms with E-state index in [1.54, 1.807) is 31.2 Å². The lowest BCUT2D eigenvalue weighted by molar-refractivity contribution is 0.600. The van der Waals surface area contributed by atoms with Gasteiger partial charge in [-0.3, -0.25) is 4.72 Å². The van der Waals surface area contributed by atoms with E-state index >= 15 is 0 Å². The maximum absolute atomic E-state index is 12.4. The van der Waals surface area contributed by atoms with Crippen LogP contribution in [0.5, 0.6) is 0 Å². The van der Waals surface area contributed by atoms with Gasteiger partial charge in [0.1, 0.15) is 0 Å². The van der Waals surface area contributed by atoms with Gasteiger partial charge in [-0.2, -0.15) is 0 Å². The molecule has 0 bridgehead atoms. The Labute approximate surface area is 134 Å². The molecule has 0 radical (unpaired) electrons. The number of rotatable bonds is 3. The second-order valence-corrected chi connectivity index (χ2v) is 7.72. The highest BCUT2D eigenvalue weighted by Gasteiger charge is 2.19. The summed E-state index contributed by atoms with van der Waals surface area (Å²) in [6.07, 6.45) is 0. The summed E-state index contributed by atoms with van der Waals surface area (Å²) in [5.41, 5.74) is 7.24. The first kappa shape index (κ1) is 15.3. The smallest absolute Gasteiger partial charge is 0.262 e. The number of hydrogen-bond acceptors (Lipinski definition) is 3. The molecule has 0 aliphatic heterocycles. The average Bonchev–Trinajstić information content (AvgIpc) is 2.33. The second-order valence-electron chi connectivity index (χ2n) is 4.23. The largest absolute Gasteiger partial charge is 0.398 e. The highest BCUT2D eigenvalue weighted by Crippen LogP contribution is 2.28. The molecule has 0 spiro atoms. The summed E-state index contributed by atoms with van der Waals surface area (Å²) >= 11 is 6.56. The van der Waals surface area contributed by atoms with Crippen LogP contribution >= 0.6 is 31.9 Å². The molecule has 0 aliphatic rings. The number of nitrogens with two attached hydrogens (primary N) is 1. The molecule has 0 aromatic heterocycles. The van der Waals surface area contributed by atoms with E-state index in [2.05, 4.69) is 36.6 Å². The molecule has 0 saturated heterocycles. The van der Waals surface area contributed by atoms with Crippen molar-refractivity contribution in [3.8, 4) is 0 Å². The molecule has 0 aliphatic carbocycles. The summed E-state index contributed by atoms with van der Waals surface area (Å²) in [5, 5.41) is 0. The number of halogens is 2. The summed E-state index contributed by atoms with van der Waals surface area (Å²) in [5.74, 6) is 0. The third kappa shape index (κ3) is 3.34. The van der Waals surface area contributed by atoms with E-state index in [9.17, 15) is 8.42 Å². The number of benzene rings is 2. The molecule has 2 aromatic rings. The van der Waals surface area contributed by atoms with Crippen LogP contribution in [0.25, 0.3) is 0 Å². The molecule has 4 nitrogen and oxygen atoms in total. The van der Waals surface area contributed by atoms with Gasteiger partial charge < -0.3 is 5.73 Å². The van der Waals surface area contributed by atoms with Gasteiger partial charge in [0.2, 0.25) is 0 Å². The first-order chi connectivity index (χ1) is 9.29. The maximum Gasteiger partial charge on any atom is 0.262 e. The molecule has 0 heterocycles. The van der Waals surface area contributed by atoms with Gasteiger partial charge in [-0.05, 0) is 42.8 Å². The average molecular weight is 420 g/mol. The van der Waals surface area contributed by atoms with Crippen LogP contribution in [-0.2, 0) is 10.0 Å². The highest BCUT2D eigenvalue weighted by atomic mass is 79.9. The third-order valence-corrected chi connectivity index (χ3v) is 5.19. The predicted octanol–water partition coefficient (Wildman–Crippen LogP) is 3.90. The van der Waals surface area contributed by atoms with Gasteiger partial charge in [0.15, 0.2) is 0 Å². The zero-order chi connectivity index (χ0) is 14.9. The number of hydrogen-bond donors (Lipinski definition) is 2. The lowest BCUT2D eigenvalue weighted by atomic mass is 10.2. The highest BCUT2D eigenvalue weighted by molar-refractivity contribution is 9.10. The molecule has 2 aromatic carbocycles. The van der Waals surface area contributed by atoms with Crippen LogP contribution in [0.1, 0.15) is 5.56 Å². The van der Waals surface area contributed by atoms with Crippen LogP contribution < -0.4 is 10.5 Å². The van der Waals surface area contributed by atoms with Crippen LogP contribution in [0, 0.1) is 6.92 Å². The molecule has 2 rings (SSSR count). The Hall–Kier alpha value is -1.05. The minimum absolute atomic E-state index is 0.157. The molecular weight excluding hydrogens is 408 g/mol. The summed E-state index contributed by atoms with van der Waals surface area (Å²) < 4.78 is 28.8. The lowest BCUT2D eigenvalue weighted by Crippen LogP contribution is -2.15. The summed E-state index contributed by atoms with van der Waals surface area (Å²) in [6.45, 7) is 1.68. The van der Waals surface area contributed by atoms with Crippen molar-refractivity contribution in [3.63, 3.8) is 0 Å². The fourth-order valence-corrected chi connectivity index (χ4v) is 4.09.